The van der Waals surface area contributed by atoms with E-state index >= 15 is 0 Å². The topological polar surface area (TPSA) is 41.7 Å². The van der Waals surface area contributed by atoms with E-state index in [1.807, 2.05) is 30.4 Å². The molecular weight excluding hydrogens is 418 g/mol. The van der Waals surface area contributed by atoms with Crippen LogP contribution >= 0.6 is 0 Å². The third-order valence-electron chi connectivity index (χ3n) is 7.04. The quantitative estimate of drug-likeness (QED) is 0.471. The normalized spacial score (nSPS) is 19.7. The van der Waals surface area contributed by atoms with Crippen molar-refractivity contribution in [3.63, 3.8) is 0 Å². The summed E-state index contributed by atoms with van der Waals surface area (Å²) in [7, 11) is 4.12. The highest BCUT2D eigenvalue weighted by atomic mass is 16.5. The number of hydrogen-bond donors (Lipinski definition) is 1. The Kier molecular flexibility index (Phi) is 4.30. The van der Waals surface area contributed by atoms with E-state index in [9.17, 15) is 0 Å². The molecule has 0 bridgehead atoms. The molecule has 0 saturated carbocycles. The molecule has 3 aromatic carbocycles. The fraction of sp³-hybridized carbons (Fsp3) is 0.133. The average molecular weight is 446 g/mol. The number of anilines is 2. The van der Waals surface area contributed by atoms with Gasteiger partial charge in [-0.15, -0.1) is 0 Å². The summed E-state index contributed by atoms with van der Waals surface area (Å²) in [6.45, 7) is 6.53. The fourth-order valence-corrected chi connectivity index (χ4v) is 5.46. The minimum atomic E-state index is -0.833. The third-order valence-corrected chi connectivity index (χ3v) is 7.04. The summed E-state index contributed by atoms with van der Waals surface area (Å²) in [5.41, 5.74) is 16.0. The maximum atomic E-state index is 7.11. The molecule has 6 rings (SSSR count). The van der Waals surface area contributed by atoms with Crippen LogP contribution in [-0.2, 0) is 5.60 Å². The second-order valence-electron chi connectivity index (χ2n) is 9.24. The highest BCUT2D eigenvalue weighted by Gasteiger charge is 2.53. The SMILES string of the molecule is C=C1C=CC=CN1C1=C(C)c2ccccc2OC12c1ccc(N)cc1-c1cc(N(C)C)ccc12. The lowest BCUT2D eigenvalue weighted by atomic mass is 9.80. The van der Waals surface area contributed by atoms with Crippen LogP contribution in [0.4, 0.5) is 11.4 Å². The van der Waals surface area contributed by atoms with Crippen LogP contribution in [0.5, 0.6) is 5.75 Å². The van der Waals surface area contributed by atoms with Gasteiger partial charge in [0.1, 0.15) is 5.75 Å². The smallest absolute Gasteiger partial charge is 0.201 e. The van der Waals surface area contributed by atoms with Gasteiger partial charge in [0.15, 0.2) is 0 Å². The number of benzene rings is 3. The molecule has 4 heteroatoms. The van der Waals surface area contributed by atoms with Crippen molar-refractivity contribution in [1.82, 2.24) is 4.90 Å². The van der Waals surface area contributed by atoms with Gasteiger partial charge in [-0.2, -0.15) is 0 Å². The minimum absolute atomic E-state index is 0.737. The van der Waals surface area contributed by atoms with Gasteiger partial charge in [-0.3, -0.25) is 0 Å². The van der Waals surface area contributed by atoms with Crippen molar-refractivity contribution in [2.75, 3.05) is 24.7 Å². The molecule has 0 amide bonds. The zero-order chi connectivity index (χ0) is 23.6. The number of nitrogens with zero attached hydrogens (tertiary/aromatic N) is 2. The molecular formula is C30H27N3O. The van der Waals surface area contributed by atoms with E-state index in [1.54, 1.807) is 0 Å². The molecule has 1 unspecified atom stereocenters. The van der Waals surface area contributed by atoms with Crippen LogP contribution in [0.2, 0.25) is 0 Å². The molecule has 2 heterocycles. The van der Waals surface area contributed by atoms with Gasteiger partial charge in [-0.25, -0.2) is 0 Å². The maximum absolute atomic E-state index is 7.11. The largest absolute Gasteiger partial charge is 0.471 e. The van der Waals surface area contributed by atoms with Crippen molar-refractivity contribution in [2.45, 2.75) is 12.5 Å². The molecule has 3 aromatic rings. The van der Waals surface area contributed by atoms with Crippen molar-refractivity contribution in [3.8, 4) is 16.9 Å². The first-order valence-corrected chi connectivity index (χ1v) is 11.5. The molecule has 3 aliphatic rings. The van der Waals surface area contributed by atoms with Gasteiger partial charge < -0.3 is 20.3 Å². The van der Waals surface area contributed by atoms with Crippen LogP contribution < -0.4 is 15.4 Å². The number of hydrogen-bond acceptors (Lipinski definition) is 4. The highest BCUT2D eigenvalue weighted by Crippen LogP contribution is 2.59. The summed E-state index contributed by atoms with van der Waals surface area (Å²) >= 11 is 0. The molecule has 168 valence electrons. The van der Waals surface area contributed by atoms with Crippen LogP contribution in [0.1, 0.15) is 23.6 Å². The summed E-state index contributed by atoms with van der Waals surface area (Å²) < 4.78 is 7.11. The zero-order valence-corrected chi connectivity index (χ0v) is 19.7. The minimum Gasteiger partial charge on any atom is -0.471 e. The van der Waals surface area contributed by atoms with Crippen LogP contribution in [0.25, 0.3) is 16.7 Å². The summed E-state index contributed by atoms with van der Waals surface area (Å²) in [4.78, 5) is 4.29. The lowest BCUT2D eigenvalue weighted by Crippen LogP contribution is -2.43. The van der Waals surface area contributed by atoms with Gasteiger partial charge in [0.25, 0.3) is 0 Å². The lowest BCUT2D eigenvalue weighted by Gasteiger charge is -2.44. The number of nitrogens with two attached hydrogens (primary N) is 1. The number of ether oxygens (including phenoxy) is 1. The van der Waals surface area contributed by atoms with Crippen LogP contribution in [0.15, 0.2) is 103 Å². The first-order valence-electron chi connectivity index (χ1n) is 11.5. The lowest BCUT2D eigenvalue weighted by molar-refractivity contribution is 0.127. The Morgan fingerprint density at radius 3 is 2.41 bits per heavy atom. The van der Waals surface area contributed by atoms with E-state index in [0.717, 1.165) is 61.9 Å². The van der Waals surface area contributed by atoms with Crippen molar-refractivity contribution >= 4 is 16.9 Å². The van der Waals surface area contributed by atoms with E-state index < -0.39 is 5.60 Å². The van der Waals surface area contributed by atoms with Gasteiger partial charge in [0.2, 0.25) is 5.60 Å². The Bertz CT molecular complexity index is 1460. The average Bonchev–Trinajstić information content (AvgIpc) is 3.09. The van der Waals surface area contributed by atoms with Crippen LogP contribution in [0, 0.1) is 0 Å². The van der Waals surface area contributed by atoms with Crippen molar-refractivity contribution in [1.29, 1.82) is 0 Å². The molecule has 1 spiro atoms. The van der Waals surface area contributed by atoms with Gasteiger partial charge >= 0.3 is 0 Å². The van der Waals surface area contributed by atoms with Crippen molar-refractivity contribution < 1.29 is 4.74 Å². The Morgan fingerprint density at radius 1 is 0.912 bits per heavy atom. The first-order chi connectivity index (χ1) is 16.4. The summed E-state index contributed by atoms with van der Waals surface area (Å²) in [5, 5.41) is 0. The molecule has 1 aliphatic carbocycles. The second-order valence-corrected chi connectivity index (χ2v) is 9.24. The molecule has 0 radical (unpaired) electrons. The van der Waals surface area contributed by atoms with Crippen molar-refractivity contribution in [2.24, 2.45) is 0 Å². The number of allylic oxidation sites excluding steroid dienone is 4. The Labute approximate surface area is 200 Å². The van der Waals surface area contributed by atoms with Crippen molar-refractivity contribution in [3.05, 3.63) is 120 Å². The highest BCUT2D eigenvalue weighted by molar-refractivity contribution is 5.90. The van der Waals surface area contributed by atoms with E-state index in [4.69, 9.17) is 10.5 Å². The van der Waals surface area contributed by atoms with Gasteiger partial charge in [-0.05, 0) is 66.1 Å². The van der Waals surface area contributed by atoms with Crippen LogP contribution in [0.3, 0.4) is 0 Å². The summed E-state index contributed by atoms with van der Waals surface area (Å²) in [5.74, 6) is 0.873. The predicted molar refractivity (Wildman–Crippen MR) is 140 cm³/mol. The molecule has 2 aliphatic heterocycles. The number of rotatable bonds is 2. The van der Waals surface area contributed by atoms with E-state index in [2.05, 4.69) is 92.1 Å². The van der Waals surface area contributed by atoms with Gasteiger partial charge in [0.05, 0.1) is 5.70 Å². The van der Waals surface area contributed by atoms with E-state index in [1.165, 1.54) is 0 Å². The molecule has 0 saturated heterocycles. The van der Waals surface area contributed by atoms with E-state index in [-0.39, 0.29) is 0 Å². The zero-order valence-electron chi connectivity index (χ0n) is 19.7. The molecule has 4 nitrogen and oxygen atoms in total. The molecule has 34 heavy (non-hydrogen) atoms. The van der Waals surface area contributed by atoms with Gasteiger partial charge in [-0.1, -0.05) is 43.0 Å². The standard InChI is InChI=1S/C30H27N3O/c1-19-9-7-8-16-33(19)29-20(2)23-10-5-6-11-28(23)34-30(29)26-14-12-21(31)17-24(26)25-18-22(32(3)4)13-15-27(25)30/h5-18H,1,31H2,2-4H3. The van der Waals surface area contributed by atoms with E-state index in [0.29, 0.717) is 0 Å². The number of fused-ring (bicyclic) bond motifs is 6. The van der Waals surface area contributed by atoms with Gasteiger partial charge in [0, 0.05) is 54.1 Å². The van der Waals surface area contributed by atoms with Crippen LogP contribution in [-0.4, -0.2) is 19.0 Å². The Balaban J connectivity index is 1.74. The monoisotopic (exact) mass is 445 g/mol. The first kappa shape index (κ1) is 20.4. The maximum Gasteiger partial charge on any atom is 0.201 e. The molecule has 0 fully saturated rings. The number of para-hydroxylation sites is 1. The predicted octanol–water partition coefficient (Wildman–Crippen LogP) is 6.28. The third kappa shape index (κ3) is 2.65. The molecule has 2 N–H and O–H groups in total. The molecule has 1 atom stereocenters. The summed E-state index contributed by atoms with van der Waals surface area (Å²) in [6, 6.07) is 21.0. The molecule has 0 aromatic heterocycles. The summed E-state index contributed by atoms with van der Waals surface area (Å²) in [6.07, 6.45) is 8.16. The fourth-order valence-electron chi connectivity index (χ4n) is 5.46. The number of nitrogen functional groups attached to an aromatic ring is 1. The Morgan fingerprint density at radius 2 is 1.65 bits per heavy atom. The second kappa shape index (κ2) is 7.16. The Hall–Kier alpha value is -4.18.